The van der Waals surface area contributed by atoms with Crippen molar-refractivity contribution in [2.75, 3.05) is 6.61 Å². The number of hydrogen-bond acceptors (Lipinski definition) is 3. The normalized spacial score (nSPS) is 11.2. The van der Waals surface area contributed by atoms with Crippen LogP contribution in [-0.2, 0) is 19.0 Å². The first-order valence-corrected chi connectivity index (χ1v) is 10.0. The second kappa shape index (κ2) is 8.99. The Balaban J connectivity index is 1.66. The smallest absolute Gasteiger partial charge is 0.269 e. The summed E-state index contributed by atoms with van der Waals surface area (Å²) in [7, 11) is 1.79. The van der Waals surface area contributed by atoms with Crippen molar-refractivity contribution in [3.05, 3.63) is 84.1 Å². The van der Waals surface area contributed by atoms with Gasteiger partial charge in [0.1, 0.15) is 18.1 Å². The Morgan fingerprint density at radius 1 is 1.13 bits per heavy atom. The fourth-order valence-electron chi connectivity index (χ4n) is 3.09. The van der Waals surface area contributed by atoms with E-state index in [9.17, 15) is 4.79 Å². The molecule has 0 atom stereocenters. The molecule has 30 heavy (non-hydrogen) atoms. The van der Waals surface area contributed by atoms with Gasteiger partial charge in [0.15, 0.2) is 0 Å². The highest BCUT2D eigenvalue weighted by Gasteiger charge is 2.16. The van der Waals surface area contributed by atoms with E-state index in [1.165, 1.54) is 5.56 Å². The molecule has 0 aliphatic carbocycles. The van der Waals surface area contributed by atoms with Crippen molar-refractivity contribution in [2.24, 2.45) is 7.05 Å². The second-order valence-electron chi connectivity index (χ2n) is 8.29. The Labute approximate surface area is 178 Å². The van der Waals surface area contributed by atoms with Gasteiger partial charge in [-0.15, -0.1) is 0 Å². The fraction of sp³-hybridized carbons (Fsp3) is 0.280. The van der Waals surface area contributed by atoms with Crippen LogP contribution >= 0.6 is 0 Å². The number of aryl methyl sites for hydroxylation is 1. The van der Waals surface area contributed by atoms with E-state index in [-0.39, 0.29) is 11.3 Å². The molecule has 0 unspecified atom stereocenters. The maximum absolute atomic E-state index is 12.7. The highest BCUT2D eigenvalue weighted by Crippen LogP contribution is 2.26. The molecule has 0 aliphatic heterocycles. The molecule has 3 aromatic rings. The molecular formula is C25H29N3O2. The van der Waals surface area contributed by atoms with Crippen LogP contribution in [0.2, 0.25) is 0 Å². The molecule has 0 radical (unpaired) electrons. The zero-order chi connectivity index (χ0) is 21.7. The van der Waals surface area contributed by atoms with Gasteiger partial charge in [-0.3, -0.25) is 9.48 Å². The van der Waals surface area contributed by atoms with E-state index >= 15 is 0 Å². The van der Waals surface area contributed by atoms with E-state index < -0.39 is 0 Å². The first-order valence-electron chi connectivity index (χ1n) is 10.0. The van der Waals surface area contributed by atoms with Gasteiger partial charge >= 0.3 is 0 Å². The molecular weight excluding hydrogens is 374 g/mol. The summed E-state index contributed by atoms with van der Waals surface area (Å²) in [5, 5.41) is 7.48. The monoisotopic (exact) mass is 403 g/mol. The minimum atomic E-state index is -0.158. The highest BCUT2D eigenvalue weighted by atomic mass is 16.5. The summed E-state index contributed by atoms with van der Waals surface area (Å²) in [4.78, 5) is 12.7. The van der Waals surface area contributed by atoms with Crippen LogP contribution in [0.4, 0.5) is 0 Å². The van der Waals surface area contributed by atoms with Gasteiger partial charge in [-0.05, 0) is 34.7 Å². The third kappa shape index (κ3) is 5.17. The molecule has 0 saturated carbocycles. The van der Waals surface area contributed by atoms with Crippen LogP contribution in [0.5, 0.6) is 5.75 Å². The number of ether oxygens (including phenoxy) is 1. The topological polar surface area (TPSA) is 56.1 Å². The fourth-order valence-corrected chi connectivity index (χ4v) is 3.09. The van der Waals surface area contributed by atoms with E-state index in [0.29, 0.717) is 18.8 Å². The number of benzene rings is 2. The second-order valence-corrected chi connectivity index (χ2v) is 8.29. The number of rotatable bonds is 7. The molecule has 3 rings (SSSR count). The average molecular weight is 404 g/mol. The maximum Gasteiger partial charge on any atom is 0.269 e. The van der Waals surface area contributed by atoms with Crippen LogP contribution in [0.1, 0.15) is 42.4 Å². The van der Waals surface area contributed by atoms with Gasteiger partial charge < -0.3 is 10.1 Å². The molecule has 5 heteroatoms. The van der Waals surface area contributed by atoms with Gasteiger partial charge in [0.05, 0.1) is 5.69 Å². The summed E-state index contributed by atoms with van der Waals surface area (Å²) < 4.78 is 7.09. The van der Waals surface area contributed by atoms with E-state index in [1.807, 2.05) is 30.3 Å². The average Bonchev–Trinajstić information content (AvgIpc) is 3.12. The van der Waals surface area contributed by atoms with Crippen molar-refractivity contribution in [1.82, 2.24) is 15.1 Å². The van der Waals surface area contributed by atoms with Gasteiger partial charge in [0.25, 0.3) is 5.91 Å². The van der Waals surface area contributed by atoms with Crippen LogP contribution in [0, 0.1) is 0 Å². The molecule has 1 amide bonds. The lowest BCUT2D eigenvalue weighted by Crippen LogP contribution is -2.25. The van der Waals surface area contributed by atoms with E-state index in [2.05, 4.69) is 62.0 Å². The molecule has 0 spiro atoms. The van der Waals surface area contributed by atoms with Crippen molar-refractivity contribution in [3.8, 4) is 17.0 Å². The molecule has 0 aliphatic rings. The number of carbonyl (C=O) groups is 1. The lowest BCUT2D eigenvalue weighted by molar-refractivity contribution is 0.0941. The number of aromatic nitrogens is 2. The Hall–Kier alpha value is -3.34. The van der Waals surface area contributed by atoms with Crippen LogP contribution in [-0.4, -0.2) is 22.3 Å². The first-order chi connectivity index (χ1) is 14.3. The molecule has 1 aromatic heterocycles. The number of nitrogens with one attached hydrogen (secondary N) is 1. The SMILES string of the molecule is C=CCOc1ccc(CNC(=O)c2cc(-c3ccc(C(C)(C)C)cc3)nn2C)cc1. The Bertz CT molecular complexity index is 1010. The number of nitrogens with zero attached hydrogens (tertiary/aromatic N) is 2. The largest absolute Gasteiger partial charge is 0.490 e. The van der Waals surface area contributed by atoms with Gasteiger partial charge in [-0.2, -0.15) is 5.10 Å². The van der Waals surface area contributed by atoms with Crippen LogP contribution in [0.3, 0.4) is 0 Å². The molecule has 1 N–H and O–H groups in total. The third-order valence-electron chi connectivity index (χ3n) is 4.90. The Morgan fingerprint density at radius 3 is 2.40 bits per heavy atom. The number of hydrogen-bond donors (Lipinski definition) is 1. The predicted octanol–water partition coefficient (Wildman–Crippen LogP) is 4.88. The highest BCUT2D eigenvalue weighted by molar-refractivity contribution is 5.93. The maximum atomic E-state index is 12.7. The zero-order valence-electron chi connectivity index (χ0n) is 18.1. The summed E-state index contributed by atoms with van der Waals surface area (Å²) in [5.41, 5.74) is 4.66. The molecule has 156 valence electrons. The predicted molar refractivity (Wildman–Crippen MR) is 121 cm³/mol. The quantitative estimate of drug-likeness (QED) is 0.572. The van der Waals surface area contributed by atoms with Gasteiger partial charge in [-0.25, -0.2) is 0 Å². The van der Waals surface area contributed by atoms with Crippen LogP contribution in [0.25, 0.3) is 11.3 Å². The van der Waals surface area contributed by atoms with Gasteiger partial charge in [0.2, 0.25) is 0 Å². The minimum Gasteiger partial charge on any atom is -0.490 e. The van der Waals surface area contributed by atoms with E-state index in [4.69, 9.17) is 4.74 Å². The summed E-state index contributed by atoms with van der Waals surface area (Å²) >= 11 is 0. The van der Waals surface area contributed by atoms with Crippen LogP contribution < -0.4 is 10.1 Å². The minimum absolute atomic E-state index is 0.101. The molecule has 0 bridgehead atoms. The summed E-state index contributed by atoms with van der Waals surface area (Å²) in [6, 6.07) is 17.8. The molecule has 1 heterocycles. The van der Waals surface area contributed by atoms with Crippen molar-refractivity contribution in [2.45, 2.75) is 32.7 Å². The van der Waals surface area contributed by atoms with Crippen molar-refractivity contribution in [1.29, 1.82) is 0 Å². The lowest BCUT2D eigenvalue weighted by Gasteiger charge is -2.18. The summed E-state index contributed by atoms with van der Waals surface area (Å²) in [5.74, 6) is 0.619. The van der Waals surface area contributed by atoms with E-state index in [1.54, 1.807) is 17.8 Å². The van der Waals surface area contributed by atoms with Crippen molar-refractivity contribution >= 4 is 5.91 Å². The number of carbonyl (C=O) groups excluding carboxylic acids is 1. The van der Waals surface area contributed by atoms with Crippen LogP contribution in [0.15, 0.2) is 67.3 Å². The zero-order valence-corrected chi connectivity index (χ0v) is 18.1. The molecule has 0 fully saturated rings. The molecule has 0 saturated heterocycles. The van der Waals surface area contributed by atoms with Crippen molar-refractivity contribution in [3.63, 3.8) is 0 Å². The van der Waals surface area contributed by atoms with Gasteiger partial charge in [0, 0.05) is 19.2 Å². The molecule has 2 aromatic carbocycles. The third-order valence-corrected chi connectivity index (χ3v) is 4.90. The standard InChI is InChI=1S/C25H29N3O2/c1-6-15-30-21-13-7-18(8-14-21)17-26-24(29)23-16-22(27-28(23)5)19-9-11-20(12-10-19)25(2,3)4/h6-14,16H,1,15,17H2,2-5H3,(H,26,29). The van der Waals surface area contributed by atoms with Gasteiger partial charge in [-0.1, -0.05) is 69.8 Å². The Kier molecular flexibility index (Phi) is 6.40. The summed E-state index contributed by atoms with van der Waals surface area (Å²) in [6.07, 6.45) is 1.70. The first kappa shape index (κ1) is 21.4. The summed E-state index contributed by atoms with van der Waals surface area (Å²) in [6.45, 7) is 11.1. The van der Waals surface area contributed by atoms with Crippen molar-refractivity contribution < 1.29 is 9.53 Å². The lowest BCUT2D eigenvalue weighted by atomic mass is 9.86. The number of amides is 1. The Morgan fingerprint density at radius 2 is 1.80 bits per heavy atom. The molecule has 5 nitrogen and oxygen atoms in total. The van der Waals surface area contributed by atoms with E-state index in [0.717, 1.165) is 22.6 Å².